The van der Waals surface area contributed by atoms with Gasteiger partial charge in [-0.3, -0.25) is 0 Å². The fraction of sp³-hybridized carbons (Fsp3) is 0.143. The molecule has 0 saturated carbocycles. The average molecular weight is 467 g/mol. The molecule has 0 spiro atoms. The van der Waals surface area contributed by atoms with Crippen LogP contribution in [0.25, 0.3) is 0 Å². The van der Waals surface area contributed by atoms with Crippen molar-refractivity contribution in [3.63, 3.8) is 0 Å². The largest absolute Gasteiger partial charge is 0.379 e. The molecule has 30 heavy (non-hydrogen) atoms. The van der Waals surface area contributed by atoms with Gasteiger partial charge in [-0.05, 0) is 68.0 Å². The molecule has 3 rings (SSSR count). The summed E-state index contributed by atoms with van der Waals surface area (Å²) in [6.45, 7) is 1.85. The fourth-order valence-electron chi connectivity index (χ4n) is 2.59. The molecule has 160 valence electrons. The van der Waals surface area contributed by atoms with Crippen molar-refractivity contribution in [2.45, 2.75) is 21.6 Å². The van der Waals surface area contributed by atoms with Gasteiger partial charge in [0.1, 0.15) is 10.6 Å². The Morgan fingerprint density at radius 2 is 1.10 bits per heavy atom. The number of aryl methyl sites for hydroxylation is 1. The number of hydrogen-bond acceptors (Lipinski definition) is 6. The summed E-state index contributed by atoms with van der Waals surface area (Å²) in [6, 6.07) is 20.4. The van der Waals surface area contributed by atoms with Crippen LogP contribution in [0.3, 0.4) is 0 Å². The molecule has 0 aliphatic heterocycles. The third-order valence-corrected chi connectivity index (χ3v) is 9.79. The molecule has 3 aromatic carbocycles. The van der Waals surface area contributed by atoms with Crippen LogP contribution in [0, 0.1) is 6.92 Å². The Morgan fingerprint density at radius 1 is 0.600 bits per heavy atom. The molecule has 0 aromatic heterocycles. The van der Waals surface area contributed by atoms with E-state index in [1.54, 1.807) is 24.6 Å². The molecule has 0 unspecified atom stereocenters. The van der Waals surface area contributed by atoms with E-state index >= 15 is 0 Å². The molecule has 0 radical (unpaired) electrons. The Morgan fingerprint density at radius 3 is 1.67 bits per heavy atom. The summed E-state index contributed by atoms with van der Waals surface area (Å²) in [5.41, 5.74) is 0.920. The van der Waals surface area contributed by atoms with Gasteiger partial charge in [0.05, 0.1) is 4.90 Å². The maximum atomic E-state index is 12.7. The van der Waals surface area contributed by atoms with E-state index in [0.29, 0.717) is 0 Å². The summed E-state index contributed by atoms with van der Waals surface area (Å²) in [5, 5.41) is 0. The smallest absolute Gasteiger partial charge is 0.339 e. The third kappa shape index (κ3) is 5.23. The summed E-state index contributed by atoms with van der Waals surface area (Å²) >= 11 is 0. The second-order valence-electron chi connectivity index (χ2n) is 6.89. The fourth-order valence-corrected chi connectivity index (χ4v) is 7.22. The Kier molecular flexibility index (Phi) is 6.28. The topological polar surface area (TPSA) is 86.7 Å². The van der Waals surface area contributed by atoms with Gasteiger partial charge < -0.3 is 4.18 Å². The minimum absolute atomic E-state index is 0.00388. The molecule has 0 N–H and O–H groups in total. The second kappa shape index (κ2) is 8.43. The number of rotatable bonds is 7. The van der Waals surface area contributed by atoms with Gasteiger partial charge in [-0.1, -0.05) is 46.2 Å². The summed E-state index contributed by atoms with van der Waals surface area (Å²) in [7, 11) is -10.1. The van der Waals surface area contributed by atoms with Crippen molar-refractivity contribution in [2.24, 2.45) is 0 Å². The van der Waals surface area contributed by atoms with E-state index in [0.717, 1.165) is 10.5 Å². The van der Waals surface area contributed by atoms with Crippen molar-refractivity contribution in [1.82, 2.24) is 0 Å². The van der Waals surface area contributed by atoms with Crippen LogP contribution in [0.5, 0.6) is 5.75 Å². The standard InChI is InChI=1S/C21H22O6S3/c1-17-9-13-20(14-10-17)29(22,23)26-18-11-15-21(16-12-18)30(24,25)27-28(2,3)19-7-5-4-6-8-19/h4-16H,1-3H3. The quantitative estimate of drug-likeness (QED) is 0.476. The van der Waals surface area contributed by atoms with E-state index in [-0.39, 0.29) is 15.5 Å². The van der Waals surface area contributed by atoms with E-state index in [1.165, 1.54) is 36.4 Å². The summed E-state index contributed by atoms with van der Waals surface area (Å²) in [5.74, 6) is 0.00388. The first kappa shape index (κ1) is 22.4. The Hall–Kier alpha value is -2.33. The van der Waals surface area contributed by atoms with Gasteiger partial charge in [0, 0.05) is 4.90 Å². The highest BCUT2D eigenvalue weighted by molar-refractivity contribution is 8.32. The molecule has 6 nitrogen and oxygen atoms in total. The minimum atomic E-state index is -4.05. The van der Waals surface area contributed by atoms with E-state index in [9.17, 15) is 16.8 Å². The molecule has 0 aliphatic carbocycles. The first-order chi connectivity index (χ1) is 14.0. The second-order valence-corrected chi connectivity index (χ2v) is 13.3. The minimum Gasteiger partial charge on any atom is -0.379 e. The van der Waals surface area contributed by atoms with E-state index in [1.807, 2.05) is 37.3 Å². The van der Waals surface area contributed by atoms with E-state index in [4.69, 9.17) is 7.81 Å². The molecule has 0 saturated heterocycles. The van der Waals surface area contributed by atoms with Crippen molar-refractivity contribution >= 4 is 30.5 Å². The van der Waals surface area contributed by atoms with Gasteiger partial charge in [0.25, 0.3) is 0 Å². The molecule has 0 heterocycles. The van der Waals surface area contributed by atoms with Crippen LogP contribution in [-0.2, 0) is 23.9 Å². The van der Waals surface area contributed by atoms with Gasteiger partial charge in [-0.15, -0.1) is 0 Å². The zero-order chi connectivity index (χ0) is 22.0. The average Bonchev–Trinajstić information content (AvgIpc) is 2.68. The molecule has 0 bridgehead atoms. The molecule has 0 fully saturated rings. The van der Waals surface area contributed by atoms with Gasteiger partial charge in [0.2, 0.25) is 0 Å². The zero-order valence-electron chi connectivity index (χ0n) is 16.7. The number of hydrogen-bond donors (Lipinski definition) is 0. The predicted octanol–water partition coefficient (Wildman–Crippen LogP) is 4.51. The van der Waals surface area contributed by atoms with Gasteiger partial charge >= 0.3 is 20.2 Å². The highest BCUT2D eigenvalue weighted by atomic mass is 32.3. The molecule has 0 aliphatic rings. The van der Waals surface area contributed by atoms with Crippen molar-refractivity contribution in [2.75, 3.05) is 12.5 Å². The molecular weight excluding hydrogens is 444 g/mol. The van der Waals surface area contributed by atoms with Gasteiger partial charge in [-0.2, -0.15) is 16.8 Å². The van der Waals surface area contributed by atoms with Crippen molar-refractivity contribution in [3.8, 4) is 5.75 Å². The van der Waals surface area contributed by atoms with Crippen molar-refractivity contribution < 1.29 is 24.6 Å². The highest BCUT2D eigenvalue weighted by Crippen LogP contribution is 2.52. The van der Waals surface area contributed by atoms with Crippen LogP contribution in [0.15, 0.2) is 93.5 Å². The lowest BCUT2D eigenvalue weighted by molar-refractivity contribution is 0.486. The summed E-state index contributed by atoms with van der Waals surface area (Å²) in [4.78, 5) is 0.721. The SMILES string of the molecule is Cc1ccc(S(=O)(=O)Oc2ccc(S(=O)(=O)OS(C)(C)c3ccccc3)cc2)cc1. The zero-order valence-corrected chi connectivity index (χ0v) is 19.1. The molecule has 0 amide bonds. The summed E-state index contributed by atoms with van der Waals surface area (Å²) < 4.78 is 60.8. The van der Waals surface area contributed by atoms with Crippen LogP contribution in [-0.4, -0.2) is 29.3 Å². The first-order valence-electron chi connectivity index (χ1n) is 8.85. The van der Waals surface area contributed by atoms with Crippen LogP contribution < -0.4 is 4.18 Å². The Labute approximate surface area is 179 Å². The van der Waals surface area contributed by atoms with Gasteiger partial charge in [0.15, 0.2) is 0 Å². The maximum absolute atomic E-state index is 12.7. The monoisotopic (exact) mass is 466 g/mol. The van der Waals surface area contributed by atoms with Crippen LogP contribution in [0.4, 0.5) is 0 Å². The maximum Gasteiger partial charge on any atom is 0.339 e. The highest BCUT2D eigenvalue weighted by Gasteiger charge is 2.26. The lowest BCUT2D eigenvalue weighted by Crippen LogP contribution is -2.12. The third-order valence-electron chi connectivity index (χ3n) is 4.20. The van der Waals surface area contributed by atoms with Crippen LogP contribution in [0.1, 0.15) is 5.56 Å². The first-order valence-corrected chi connectivity index (χ1v) is 14.0. The lowest BCUT2D eigenvalue weighted by atomic mass is 10.2. The van der Waals surface area contributed by atoms with Crippen molar-refractivity contribution in [3.05, 3.63) is 84.4 Å². The van der Waals surface area contributed by atoms with Gasteiger partial charge in [-0.25, -0.2) is 3.63 Å². The normalized spacial score (nSPS) is 13.0. The van der Waals surface area contributed by atoms with Crippen LogP contribution in [0.2, 0.25) is 0 Å². The summed E-state index contributed by atoms with van der Waals surface area (Å²) in [6.07, 6.45) is 3.48. The molecule has 0 atom stereocenters. The lowest BCUT2D eigenvalue weighted by Gasteiger charge is -2.30. The Bertz CT molecular complexity index is 1220. The van der Waals surface area contributed by atoms with Crippen molar-refractivity contribution in [1.29, 1.82) is 0 Å². The molecule has 3 aromatic rings. The Balaban J connectivity index is 1.78. The van der Waals surface area contributed by atoms with Crippen LogP contribution >= 0.6 is 10.3 Å². The number of benzene rings is 3. The molecule has 9 heteroatoms. The molecular formula is C21H22O6S3. The predicted molar refractivity (Wildman–Crippen MR) is 118 cm³/mol. The van der Waals surface area contributed by atoms with E-state index < -0.39 is 30.5 Å². The van der Waals surface area contributed by atoms with E-state index in [2.05, 4.69) is 0 Å².